The van der Waals surface area contributed by atoms with Crippen LogP contribution in [0, 0.1) is 0 Å². The number of esters is 1. The molecule has 190 valence electrons. The molecule has 1 aliphatic rings. The van der Waals surface area contributed by atoms with E-state index in [9.17, 15) is 13.6 Å². The van der Waals surface area contributed by atoms with Crippen LogP contribution in [-0.4, -0.2) is 68.7 Å². The van der Waals surface area contributed by atoms with Gasteiger partial charge in [-0.05, 0) is 28.8 Å². The number of carbonyl (C=O) groups is 1. The van der Waals surface area contributed by atoms with Crippen LogP contribution in [0.25, 0.3) is 0 Å². The molecule has 2 atom stereocenters. The first-order chi connectivity index (χ1) is 17.5. The minimum Gasteiger partial charge on any atom is -0.760 e. The van der Waals surface area contributed by atoms with Crippen LogP contribution in [0.4, 0.5) is 0 Å². The van der Waals surface area contributed by atoms with E-state index in [1.165, 1.54) is 17.0 Å². The summed E-state index contributed by atoms with van der Waals surface area (Å²) in [5.41, 5.74) is 3.65. The van der Waals surface area contributed by atoms with Gasteiger partial charge in [-0.1, -0.05) is 72.8 Å². The van der Waals surface area contributed by atoms with Gasteiger partial charge in [-0.25, -0.2) is 9.10 Å². The molecule has 1 saturated heterocycles. The van der Waals surface area contributed by atoms with Crippen LogP contribution in [0.1, 0.15) is 33.1 Å². The van der Waals surface area contributed by atoms with Gasteiger partial charge < -0.3 is 9.29 Å². The Hall–Kier alpha value is -2.88. The standard InChI is InChI=1S/C28H33N3O4S/c1-35-28(32)26-14-12-24(13-15-26)21-31(36(33)34)22-27(25-10-6-3-7-11-25)30-18-16-29(17-19-30)20-23-8-4-2-5-9-23/h2-15,27H,16-22H2,1H3,(H,33,34)/p-1. The van der Waals surface area contributed by atoms with E-state index in [2.05, 4.69) is 46.2 Å². The second-order valence-corrected chi connectivity index (χ2v) is 9.90. The van der Waals surface area contributed by atoms with E-state index in [0.717, 1.165) is 43.9 Å². The molecule has 3 aromatic rings. The molecular weight excluding hydrogens is 474 g/mol. The monoisotopic (exact) mass is 506 g/mol. The Morgan fingerprint density at radius 3 is 2.11 bits per heavy atom. The van der Waals surface area contributed by atoms with Gasteiger partial charge in [0, 0.05) is 63.1 Å². The fraction of sp³-hybridized carbons (Fsp3) is 0.321. The van der Waals surface area contributed by atoms with Crippen LogP contribution in [0.5, 0.6) is 0 Å². The summed E-state index contributed by atoms with van der Waals surface area (Å²) >= 11 is -2.40. The molecule has 2 unspecified atom stereocenters. The zero-order valence-corrected chi connectivity index (χ0v) is 21.3. The van der Waals surface area contributed by atoms with Crippen molar-refractivity contribution in [3.05, 3.63) is 107 Å². The Bertz CT molecular complexity index is 1120. The van der Waals surface area contributed by atoms with Gasteiger partial charge in [-0.2, -0.15) is 0 Å². The third-order valence-electron chi connectivity index (χ3n) is 6.60. The average molecular weight is 507 g/mol. The zero-order chi connectivity index (χ0) is 25.3. The lowest BCUT2D eigenvalue weighted by Crippen LogP contribution is -2.49. The van der Waals surface area contributed by atoms with E-state index >= 15 is 0 Å². The van der Waals surface area contributed by atoms with E-state index in [0.29, 0.717) is 12.1 Å². The summed E-state index contributed by atoms with van der Waals surface area (Å²) in [7, 11) is 1.34. The molecule has 3 aromatic carbocycles. The molecule has 4 rings (SSSR count). The third kappa shape index (κ3) is 7.09. The molecule has 0 amide bonds. The Kier molecular flexibility index (Phi) is 9.38. The highest BCUT2D eigenvalue weighted by Crippen LogP contribution is 2.25. The molecule has 0 bridgehead atoms. The quantitative estimate of drug-likeness (QED) is 0.309. The smallest absolute Gasteiger partial charge is 0.337 e. The normalized spacial score (nSPS) is 16.5. The predicted octanol–water partition coefficient (Wildman–Crippen LogP) is 3.63. The summed E-state index contributed by atoms with van der Waals surface area (Å²) in [4.78, 5) is 16.5. The van der Waals surface area contributed by atoms with E-state index in [1.54, 1.807) is 24.3 Å². The summed E-state index contributed by atoms with van der Waals surface area (Å²) in [5, 5.41) is 0. The number of hydrogen-bond donors (Lipinski definition) is 0. The van der Waals surface area contributed by atoms with Gasteiger partial charge in [-0.15, -0.1) is 0 Å². The molecule has 1 heterocycles. The van der Waals surface area contributed by atoms with Crippen molar-refractivity contribution in [2.45, 2.75) is 19.1 Å². The summed E-state index contributed by atoms with van der Waals surface area (Å²) in [6.45, 7) is 5.07. The summed E-state index contributed by atoms with van der Waals surface area (Å²) in [6, 6.07) is 27.4. The van der Waals surface area contributed by atoms with Crippen molar-refractivity contribution in [2.75, 3.05) is 39.8 Å². The molecule has 0 saturated carbocycles. The van der Waals surface area contributed by atoms with Crippen LogP contribution in [-0.2, 0) is 29.1 Å². The molecule has 0 radical (unpaired) electrons. The number of hydrogen-bond acceptors (Lipinski definition) is 6. The van der Waals surface area contributed by atoms with E-state index in [4.69, 9.17) is 4.74 Å². The van der Waals surface area contributed by atoms with Gasteiger partial charge in [0.2, 0.25) is 0 Å². The van der Waals surface area contributed by atoms with Crippen LogP contribution >= 0.6 is 0 Å². The van der Waals surface area contributed by atoms with E-state index < -0.39 is 17.2 Å². The molecule has 1 fully saturated rings. The van der Waals surface area contributed by atoms with E-state index in [-0.39, 0.29) is 12.6 Å². The van der Waals surface area contributed by atoms with Crippen molar-refractivity contribution in [3.63, 3.8) is 0 Å². The highest BCUT2D eigenvalue weighted by atomic mass is 32.2. The van der Waals surface area contributed by atoms with Crippen molar-refractivity contribution < 1.29 is 18.3 Å². The summed E-state index contributed by atoms with van der Waals surface area (Å²) in [5.74, 6) is -0.415. The minimum absolute atomic E-state index is 0.0580. The minimum atomic E-state index is -2.40. The van der Waals surface area contributed by atoms with Crippen molar-refractivity contribution in [1.82, 2.24) is 14.1 Å². The van der Waals surface area contributed by atoms with Crippen LogP contribution in [0.15, 0.2) is 84.9 Å². The maximum atomic E-state index is 12.3. The van der Waals surface area contributed by atoms with Crippen molar-refractivity contribution >= 4 is 17.2 Å². The lowest BCUT2D eigenvalue weighted by molar-refractivity contribution is 0.0600. The van der Waals surface area contributed by atoms with Crippen LogP contribution in [0.2, 0.25) is 0 Å². The topological polar surface area (TPSA) is 76.2 Å². The first-order valence-electron chi connectivity index (χ1n) is 12.1. The lowest BCUT2D eigenvalue weighted by atomic mass is 10.0. The predicted molar refractivity (Wildman–Crippen MR) is 140 cm³/mol. The lowest BCUT2D eigenvalue weighted by Gasteiger charge is -2.41. The van der Waals surface area contributed by atoms with Crippen molar-refractivity contribution in [3.8, 4) is 0 Å². The first kappa shape index (κ1) is 26.2. The van der Waals surface area contributed by atoms with Gasteiger partial charge in [0.15, 0.2) is 0 Å². The van der Waals surface area contributed by atoms with Gasteiger partial charge in [0.25, 0.3) is 0 Å². The van der Waals surface area contributed by atoms with Crippen LogP contribution in [0.3, 0.4) is 0 Å². The zero-order valence-electron chi connectivity index (χ0n) is 20.5. The second kappa shape index (κ2) is 12.9. The Morgan fingerprint density at radius 1 is 0.917 bits per heavy atom. The molecular formula is C28H32N3O4S-. The van der Waals surface area contributed by atoms with Crippen LogP contribution < -0.4 is 0 Å². The number of nitrogens with zero attached hydrogens (tertiary/aromatic N) is 3. The number of methoxy groups -OCH3 is 1. The Morgan fingerprint density at radius 2 is 1.53 bits per heavy atom. The van der Waals surface area contributed by atoms with Crippen molar-refractivity contribution in [2.24, 2.45) is 0 Å². The molecule has 0 spiro atoms. The second-order valence-electron chi connectivity index (χ2n) is 8.95. The molecule has 1 aliphatic heterocycles. The molecule has 0 N–H and O–H groups in total. The summed E-state index contributed by atoms with van der Waals surface area (Å²) in [6.07, 6.45) is 0. The number of carbonyl (C=O) groups excluding carboxylic acids is 1. The number of benzene rings is 3. The SMILES string of the molecule is COC(=O)c1ccc(CN(CC(c2ccccc2)N2CCN(Cc3ccccc3)CC2)S(=O)[O-])cc1. The van der Waals surface area contributed by atoms with Gasteiger partial charge in [0.05, 0.1) is 12.7 Å². The number of piperazine rings is 1. The summed E-state index contributed by atoms with van der Waals surface area (Å²) < 4.78 is 30.7. The number of ether oxygens (including phenoxy) is 1. The maximum Gasteiger partial charge on any atom is 0.337 e. The fourth-order valence-electron chi connectivity index (χ4n) is 4.62. The first-order valence-corrected chi connectivity index (χ1v) is 13.1. The fourth-order valence-corrected chi connectivity index (χ4v) is 5.14. The van der Waals surface area contributed by atoms with E-state index in [1.807, 2.05) is 24.3 Å². The Balaban J connectivity index is 1.45. The largest absolute Gasteiger partial charge is 0.760 e. The molecule has 0 aliphatic carbocycles. The molecule has 0 aromatic heterocycles. The Labute approximate surface area is 215 Å². The van der Waals surface area contributed by atoms with Crippen molar-refractivity contribution in [1.29, 1.82) is 0 Å². The number of rotatable bonds is 10. The molecule has 8 heteroatoms. The van der Waals surface area contributed by atoms with Gasteiger partial charge in [-0.3, -0.25) is 14.0 Å². The highest BCUT2D eigenvalue weighted by Gasteiger charge is 2.27. The van der Waals surface area contributed by atoms with Gasteiger partial charge >= 0.3 is 5.97 Å². The molecule has 36 heavy (non-hydrogen) atoms. The third-order valence-corrected chi connectivity index (χ3v) is 7.30. The van der Waals surface area contributed by atoms with Gasteiger partial charge in [0.1, 0.15) is 0 Å². The molecule has 7 nitrogen and oxygen atoms in total. The highest BCUT2D eigenvalue weighted by molar-refractivity contribution is 7.76. The maximum absolute atomic E-state index is 12.3. The average Bonchev–Trinajstić information content (AvgIpc) is 2.92.